The first kappa shape index (κ1) is 13.1. The molecule has 0 fully saturated rings. The van der Waals surface area contributed by atoms with Crippen LogP contribution in [0.3, 0.4) is 0 Å². The number of para-hydroxylation sites is 1. The van der Waals surface area contributed by atoms with Crippen molar-refractivity contribution in [1.29, 1.82) is 0 Å². The van der Waals surface area contributed by atoms with Crippen LogP contribution < -0.4 is 4.90 Å². The van der Waals surface area contributed by atoms with Crippen molar-refractivity contribution in [3.8, 4) is 0 Å². The molecular formula is C19H17NO2. The highest BCUT2D eigenvalue weighted by Gasteiger charge is 2.49. The van der Waals surface area contributed by atoms with Gasteiger partial charge in [0.05, 0.1) is 6.26 Å². The van der Waals surface area contributed by atoms with Gasteiger partial charge in [-0.25, -0.2) is 0 Å². The van der Waals surface area contributed by atoms with Gasteiger partial charge in [0.1, 0.15) is 11.0 Å². The predicted molar refractivity (Wildman–Crippen MR) is 87.1 cm³/mol. The Bertz CT molecular complexity index is 880. The highest BCUT2D eigenvalue weighted by molar-refractivity contribution is 6.10. The van der Waals surface area contributed by atoms with Gasteiger partial charge in [-0.3, -0.25) is 4.79 Å². The molecule has 3 aromatic rings. The Labute approximate surface area is 129 Å². The number of carbonyl (C=O) groups is 1. The summed E-state index contributed by atoms with van der Waals surface area (Å²) in [7, 11) is 1.86. The van der Waals surface area contributed by atoms with Crippen LogP contribution in [0.15, 0.2) is 59.2 Å². The Kier molecular flexibility index (Phi) is 2.67. The van der Waals surface area contributed by atoms with E-state index in [1.54, 1.807) is 11.2 Å². The standard InChI is InChI=1S/C19H17NO2/c1-3-19(14-8-9-17-13(12-14)10-11-22-17)15-6-4-5-7-16(15)20(2)18(19)21/h4-12H,3H2,1-2H3. The van der Waals surface area contributed by atoms with E-state index in [-0.39, 0.29) is 5.91 Å². The lowest BCUT2D eigenvalue weighted by Crippen LogP contribution is -2.39. The molecule has 0 N–H and O–H groups in total. The summed E-state index contributed by atoms with van der Waals surface area (Å²) in [5.41, 5.74) is 3.37. The minimum absolute atomic E-state index is 0.138. The molecule has 0 bridgehead atoms. The lowest BCUT2D eigenvalue weighted by Gasteiger charge is -2.27. The summed E-state index contributed by atoms with van der Waals surface area (Å²) in [6.45, 7) is 2.08. The normalized spacial score (nSPS) is 20.6. The second kappa shape index (κ2) is 4.47. The molecule has 1 unspecified atom stereocenters. The molecule has 22 heavy (non-hydrogen) atoms. The second-order valence-corrected chi connectivity index (χ2v) is 5.81. The van der Waals surface area contributed by atoms with E-state index >= 15 is 0 Å². The Morgan fingerprint density at radius 3 is 2.77 bits per heavy atom. The Hall–Kier alpha value is -2.55. The van der Waals surface area contributed by atoms with Gasteiger partial charge < -0.3 is 9.32 Å². The molecule has 0 saturated heterocycles. The smallest absolute Gasteiger partial charge is 0.241 e. The Balaban J connectivity index is 2.02. The first-order valence-electron chi connectivity index (χ1n) is 7.54. The van der Waals surface area contributed by atoms with Crippen LogP contribution in [0, 0.1) is 0 Å². The number of anilines is 1. The summed E-state index contributed by atoms with van der Waals surface area (Å²) >= 11 is 0. The van der Waals surface area contributed by atoms with Crippen molar-refractivity contribution in [3.05, 3.63) is 65.9 Å². The molecule has 3 nitrogen and oxygen atoms in total. The van der Waals surface area contributed by atoms with Gasteiger partial charge in [0, 0.05) is 18.1 Å². The molecule has 1 atom stereocenters. The van der Waals surface area contributed by atoms with Crippen LogP contribution in [-0.4, -0.2) is 13.0 Å². The van der Waals surface area contributed by atoms with Crippen LogP contribution in [0.5, 0.6) is 0 Å². The third-order valence-electron chi connectivity index (χ3n) is 4.87. The Morgan fingerprint density at radius 2 is 1.95 bits per heavy atom. The highest BCUT2D eigenvalue weighted by atomic mass is 16.3. The molecule has 2 aromatic carbocycles. The van der Waals surface area contributed by atoms with Crippen molar-refractivity contribution in [1.82, 2.24) is 0 Å². The molecule has 1 aliphatic rings. The van der Waals surface area contributed by atoms with E-state index in [1.807, 2.05) is 43.4 Å². The number of amides is 1. The lowest BCUT2D eigenvalue weighted by atomic mass is 9.73. The number of carbonyl (C=O) groups excluding carboxylic acids is 1. The van der Waals surface area contributed by atoms with E-state index in [2.05, 4.69) is 19.1 Å². The third kappa shape index (κ3) is 1.48. The monoisotopic (exact) mass is 291 g/mol. The minimum atomic E-state index is -0.600. The number of likely N-dealkylation sites (N-methyl/N-ethyl adjacent to an activating group) is 1. The molecule has 1 aliphatic heterocycles. The van der Waals surface area contributed by atoms with Crippen LogP contribution in [0.4, 0.5) is 5.69 Å². The van der Waals surface area contributed by atoms with Gasteiger partial charge >= 0.3 is 0 Å². The van der Waals surface area contributed by atoms with E-state index in [4.69, 9.17) is 4.42 Å². The molecule has 0 aliphatic carbocycles. The van der Waals surface area contributed by atoms with Gasteiger partial charge in [-0.1, -0.05) is 31.2 Å². The largest absolute Gasteiger partial charge is 0.464 e. The molecule has 2 heterocycles. The van der Waals surface area contributed by atoms with Crippen LogP contribution in [0.2, 0.25) is 0 Å². The average Bonchev–Trinajstić information content (AvgIpc) is 3.10. The zero-order valence-corrected chi connectivity index (χ0v) is 12.7. The summed E-state index contributed by atoms with van der Waals surface area (Å²) in [4.78, 5) is 14.9. The maximum absolute atomic E-state index is 13.1. The molecule has 0 saturated carbocycles. The van der Waals surface area contributed by atoms with E-state index in [1.165, 1.54) is 0 Å². The fraction of sp³-hybridized carbons (Fsp3) is 0.211. The van der Waals surface area contributed by atoms with Crippen LogP contribution in [-0.2, 0) is 10.2 Å². The fourth-order valence-corrected chi connectivity index (χ4v) is 3.69. The van der Waals surface area contributed by atoms with Gasteiger partial charge in [-0.05, 0) is 41.8 Å². The average molecular weight is 291 g/mol. The maximum Gasteiger partial charge on any atom is 0.241 e. The third-order valence-corrected chi connectivity index (χ3v) is 4.87. The molecule has 1 aromatic heterocycles. The molecule has 1 amide bonds. The van der Waals surface area contributed by atoms with E-state index < -0.39 is 5.41 Å². The predicted octanol–water partition coefficient (Wildman–Crippen LogP) is 4.11. The first-order chi connectivity index (χ1) is 10.7. The summed E-state index contributed by atoms with van der Waals surface area (Å²) in [5.74, 6) is 0.138. The number of benzene rings is 2. The lowest BCUT2D eigenvalue weighted by molar-refractivity contribution is -0.121. The molecule has 0 radical (unpaired) electrons. The van der Waals surface area contributed by atoms with Crippen molar-refractivity contribution < 1.29 is 9.21 Å². The number of nitrogens with zero attached hydrogens (tertiary/aromatic N) is 1. The van der Waals surface area contributed by atoms with Crippen LogP contribution in [0.1, 0.15) is 24.5 Å². The highest BCUT2D eigenvalue weighted by Crippen LogP contribution is 2.48. The molecular weight excluding hydrogens is 274 g/mol. The molecule has 3 heteroatoms. The van der Waals surface area contributed by atoms with Crippen molar-refractivity contribution >= 4 is 22.6 Å². The summed E-state index contributed by atoms with van der Waals surface area (Å²) in [6, 6.07) is 16.1. The number of furan rings is 1. The topological polar surface area (TPSA) is 33.5 Å². The van der Waals surface area contributed by atoms with Crippen molar-refractivity contribution in [2.45, 2.75) is 18.8 Å². The van der Waals surface area contributed by atoms with E-state index in [0.29, 0.717) is 0 Å². The SMILES string of the molecule is CCC1(c2ccc3occc3c2)C(=O)N(C)c2ccccc21. The van der Waals surface area contributed by atoms with Crippen LogP contribution >= 0.6 is 0 Å². The zero-order valence-electron chi connectivity index (χ0n) is 12.7. The second-order valence-electron chi connectivity index (χ2n) is 5.81. The summed E-state index contributed by atoms with van der Waals surface area (Å²) < 4.78 is 5.42. The zero-order chi connectivity index (χ0) is 15.3. The maximum atomic E-state index is 13.1. The minimum Gasteiger partial charge on any atom is -0.464 e. The van der Waals surface area contributed by atoms with Gasteiger partial charge in [0.15, 0.2) is 0 Å². The van der Waals surface area contributed by atoms with E-state index in [9.17, 15) is 4.79 Å². The molecule has 110 valence electrons. The number of fused-ring (bicyclic) bond motifs is 2. The number of hydrogen-bond donors (Lipinski definition) is 0. The summed E-state index contributed by atoms with van der Waals surface area (Å²) in [5, 5.41) is 1.03. The number of rotatable bonds is 2. The first-order valence-corrected chi connectivity index (χ1v) is 7.54. The molecule has 0 spiro atoms. The van der Waals surface area contributed by atoms with Gasteiger partial charge in [-0.2, -0.15) is 0 Å². The van der Waals surface area contributed by atoms with E-state index in [0.717, 1.165) is 34.2 Å². The van der Waals surface area contributed by atoms with Gasteiger partial charge in [0.2, 0.25) is 5.91 Å². The van der Waals surface area contributed by atoms with Crippen molar-refractivity contribution in [3.63, 3.8) is 0 Å². The Morgan fingerprint density at radius 1 is 1.14 bits per heavy atom. The van der Waals surface area contributed by atoms with Gasteiger partial charge in [0.25, 0.3) is 0 Å². The van der Waals surface area contributed by atoms with Crippen molar-refractivity contribution in [2.24, 2.45) is 0 Å². The fourth-order valence-electron chi connectivity index (χ4n) is 3.69. The number of hydrogen-bond acceptors (Lipinski definition) is 2. The van der Waals surface area contributed by atoms with Crippen LogP contribution in [0.25, 0.3) is 11.0 Å². The quantitative estimate of drug-likeness (QED) is 0.712. The molecule has 4 rings (SSSR count). The summed E-state index contributed by atoms with van der Waals surface area (Å²) in [6.07, 6.45) is 2.42. The van der Waals surface area contributed by atoms with Crippen molar-refractivity contribution in [2.75, 3.05) is 11.9 Å². The van der Waals surface area contributed by atoms with Gasteiger partial charge in [-0.15, -0.1) is 0 Å².